The Labute approximate surface area is 56.1 Å². The van der Waals surface area contributed by atoms with E-state index in [1.54, 1.807) is 5.38 Å². The summed E-state index contributed by atoms with van der Waals surface area (Å²) in [6, 6.07) is 0. The number of halogens is 1. The molecule has 8 heavy (non-hydrogen) atoms. The first kappa shape index (κ1) is 5.72. The maximum absolute atomic E-state index is 5.54. The Hall–Kier alpha value is -0.410. The van der Waals surface area contributed by atoms with Gasteiger partial charge in [-0.3, -0.25) is 0 Å². The first-order valence-electron chi connectivity index (χ1n) is 1.99. The molecule has 0 aliphatic carbocycles. The fraction of sp³-hybridized carbons (Fsp3) is 0. The van der Waals surface area contributed by atoms with Gasteiger partial charge in [-0.2, -0.15) is 0 Å². The summed E-state index contributed by atoms with van der Waals surface area (Å²) in [5.41, 5.74) is 11.8. The van der Waals surface area contributed by atoms with Gasteiger partial charge >= 0.3 is 0 Å². The van der Waals surface area contributed by atoms with Crippen molar-refractivity contribution in [2.45, 2.75) is 0 Å². The van der Waals surface area contributed by atoms with Crippen LogP contribution >= 0.6 is 22.9 Å². The SMILES string of the molecule is Nc1csc(Cl)c1N. The van der Waals surface area contributed by atoms with Gasteiger partial charge in [0, 0.05) is 5.38 Å². The van der Waals surface area contributed by atoms with E-state index in [0.29, 0.717) is 15.7 Å². The molecule has 1 rings (SSSR count). The Morgan fingerprint density at radius 1 is 1.50 bits per heavy atom. The normalized spacial score (nSPS) is 9.62. The van der Waals surface area contributed by atoms with Crippen molar-refractivity contribution in [3.8, 4) is 0 Å². The van der Waals surface area contributed by atoms with Crippen LogP contribution in [0.2, 0.25) is 4.34 Å². The second-order valence-corrected chi connectivity index (χ2v) is 2.86. The molecule has 0 saturated carbocycles. The Balaban J connectivity index is 3.19. The second-order valence-electron chi connectivity index (χ2n) is 1.38. The number of rotatable bonds is 0. The molecule has 4 heteroatoms. The van der Waals surface area contributed by atoms with Crippen molar-refractivity contribution in [3.63, 3.8) is 0 Å². The number of hydrogen-bond donors (Lipinski definition) is 2. The Bertz CT molecular complexity index is 176. The van der Waals surface area contributed by atoms with Gasteiger partial charge in [0.25, 0.3) is 0 Å². The molecule has 4 N–H and O–H groups in total. The van der Waals surface area contributed by atoms with Crippen molar-refractivity contribution in [2.75, 3.05) is 11.5 Å². The van der Waals surface area contributed by atoms with E-state index >= 15 is 0 Å². The van der Waals surface area contributed by atoms with Crippen molar-refractivity contribution >= 4 is 34.3 Å². The highest BCUT2D eigenvalue weighted by Crippen LogP contribution is 2.31. The zero-order chi connectivity index (χ0) is 6.15. The summed E-state index contributed by atoms with van der Waals surface area (Å²) >= 11 is 6.89. The molecule has 0 atom stereocenters. The standard InChI is InChI=1S/C4H5ClN2S/c5-4-3(7)2(6)1-8-4/h1H,6-7H2. The minimum Gasteiger partial charge on any atom is -0.396 e. The van der Waals surface area contributed by atoms with E-state index in [4.69, 9.17) is 23.1 Å². The molecule has 0 saturated heterocycles. The lowest BCUT2D eigenvalue weighted by atomic mass is 10.5. The molecule has 0 aromatic carbocycles. The van der Waals surface area contributed by atoms with Crippen molar-refractivity contribution < 1.29 is 0 Å². The summed E-state index contributed by atoms with van der Waals surface area (Å²) in [6.45, 7) is 0. The predicted octanol–water partition coefficient (Wildman–Crippen LogP) is 1.57. The maximum Gasteiger partial charge on any atom is 0.118 e. The fourth-order valence-corrected chi connectivity index (χ4v) is 1.20. The highest BCUT2D eigenvalue weighted by atomic mass is 35.5. The number of hydrogen-bond acceptors (Lipinski definition) is 3. The molecule has 0 amide bonds. The first-order chi connectivity index (χ1) is 3.72. The molecule has 0 aliphatic rings. The molecule has 0 unspecified atom stereocenters. The summed E-state index contributed by atoms with van der Waals surface area (Å²) < 4.78 is 0.572. The van der Waals surface area contributed by atoms with Crippen LogP contribution in [0.1, 0.15) is 0 Å². The lowest BCUT2D eigenvalue weighted by molar-refractivity contribution is 1.82. The Kier molecular flexibility index (Phi) is 1.31. The van der Waals surface area contributed by atoms with Crippen LogP contribution in [0.25, 0.3) is 0 Å². The fourth-order valence-electron chi connectivity index (χ4n) is 0.356. The van der Waals surface area contributed by atoms with Gasteiger partial charge in [0.05, 0.1) is 11.4 Å². The van der Waals surface area contributed by atoms with E-state index in [-0.39, 0.29) is 0 Å². The van der Waals surface area contributed by atoms with E-state index in [2.05, 4.69) is 0 Å². The van der Waals surface area contributed by atoms with Gasteiger partial charge in [0.1, 0.15) is 4.34 Å². The average Bonchev–Trinajstić information content (AvgIpc) is 1.98. The van der Waals surface area contributed by atoms with Gasteiger partial charge in [-0.25, -0.2) is 0 Å². The molecule has 2 nitrogen and oxygen atoms in total. The molecule has 0 fully saturated rings. The van der Waals surface area contributed by atoms with Crippen molar-refractivity contribution in [1.29, 1.82) is 0 Å². The second kappa shape index (κ2) is 1.84. The predicted molar refractivity (Wildman–Crippen MR) is 38.2 cm³/mol. The van der Waals surface area contributed by atoms with Gasteiger partial charge in [0.15, 0.2) is 0 Å². The third-order valence-corrected chi connectivity index (χ3v) is 2.08. The van der Waals surface area contributed by atoms with Crippen molar-refractivity contribution in [3.05, 3.63) is 9.72 Å². The average molecular weight is 149 g/mol. The molecular formula is C4H5ClN2S. The summed E-state index contributed by atoms with van der Waals surface area (Å²) in [5, 5.41) is 1.72. The minimum absolute atomic E-state index is 0.497. The van der Waals surface area contributed by atoms with Crippen LogP contribution in [-0.2, 0) is 0 Å². The van der Waals surface area contributed by atoms with E-state index in [0.717, 1.165) is 0 Å². The largest absolute Gasteiger partial charge is 0.396 e. The molecule has 1 heterocycles. The van der Waals surface area contributed by atoms with Gasteiger partial charge in [-0.15, -0.1) is 11.3 Å². The maximum atomic E-state index is 5.54. The number of thiophene rings is 1. The van der Waals surface area contributed by atoms with E-state index < -0.39 is 0 Å². The smallest absolute Gasteiger partial charge is 0.118 e. The molecule has 0 spiro atoms. The van der Waals surface area contributed by atoms with E-state index in [1.165, 1.54) is 11.3 Å². The topological polar surface area (TPSA) is 52.0 Å². The zero-order valence-corrected chi connectivity index (χ0v) is 5.59. The molecule has 0 radical (unpaired) electrons. The van der Waals surface area contributed by atoms with Gasteiger partial charge in [-0.05, 0) is 0 Å². The first-order valence-corrected chi connectivity index (χ1v) is 3.25. The van der Waals surface area contributed by atoms with Crippen LogP contribution in [0.3, 0.4) is 0 Å². The monoisotopic (exact) mass is 148 g/mol. The summed E-state index contributed by atoms with van der Waals surface area (Å²) in [5.74, 6) is 0. The Morgan fingerprint density at radius 3 is 2.25 bits per heavy atom. The molecule has 0 aliphatic heterocycles. The lowest BCUT2D eigenvalue weighted by Gasteiger charge is -1.85. The summed E-state index contributed by atoms with van der Waals surface area (Å²) in [7, 11) is 0. The highest BCUT2D eigenvalue weighted by molar-refractivity contribution is 7.15. The molecule has 0 bridgehead atoms. The third-order valence-electron chi connectivity index (χ3n) is 0.812. The highest BCUT2D eigenvalue weighted by Gasteiger charge is 1.99. The number of nitrogens with two attached hydrogens (primary N) is 2. The van der Waals surface area contributed by atoms with Crippen LogP contribution in [0, 0.1) is 0 Å². The van der Waals surface area contributed by atoms with Crippen molar-refractivity contribution in [1.82, 2.24) is 0 Å². The quantitative estimate of drug-likeness (QED) is 0.587. The molecular weight excluding hydrogens is 144 g/mol. The van der Waals surface area contributed by atoms with Crippen LogP contribution in [0.5, 0.6) is 0 Å². The minimum atomic E-state index is 0.497. The van der Waals surface area contributed by atoms with Crippen molar-refractivity contribution in [2.24, 2.45) is 0 Å². The van der Waals surface area contributed by atoms with Crippen LogP contribution in [-0.4, -0.2) is 0 Å². The van der Waals surface area contributed by atoms with E-state index in [9.17, 15) is 0 Å². The van der Waals surface area contributed by atoms with Crippen LogP contribution < -0.4 is 11.5 Å². The lowest BCUT2D eigenvalue weighted by Crippen LogP contribution is -1.88. The van der Waals surface area contributed by atoms with Gasteiger partial charge in [-0.1, -0.05) is 11.6 Å². The van der Waals surface area contributed by atoms with Crippen LogP contribution in [0.15, 0.2) is 5.38 Å². The zero-order valence-electron chi connectivity index (χ0n) is 4.02. The van der Waals surface area contributed by atoms with Gasteiger partial charge in [0.2, 0.25) is 0 Å². The van der Waals surface area contributed by atoms with Gasteiger partial charge < -0.3 is 11.5 Å². The number of anilines is 2. The third kappa shape index (κ3) is 0.743. The van der Waals surface area contributed by atoms with Crippen LogP contribution in [0.4, 0.5) is 11.4 Å². The molecule has 44 valence electrons. The molecule has 1 aromatic heterocycles. The molecule has 1 aromatic rings. The summed E-state index contributed by atoms with van der Waals surface area (Å²) in [6.07, 6.45) is 0. The summed E-state index contributed by atoms with van der Waals surface area (Å²) in [4.78, 5) is 0. The van der Waals surface area contributed by atoms with E-state index in [1.807, 2.05) is 0 Å². The number of nitrogen functional groups attached to an aromatic ring is 2. The Morgan fingerprint density at radius 2 is 2.12 bits per heavy atom.